The molecule has 1 unspecified atom stereocenters. The topological polar surface area (TPSA) is 104 Å². The summed E-state index contributed by atoms with van der Waals surface area (Å²) in [4.78, 5) is 30.3. The zero-order valence-corrected chi connectivity index (χ0v) is 28.6. The molecule has 0 saturated heterocycles. The van der Waals surface area contributed by atoms with Crippen LogP contribution in [0.4, 0.5) is 5.69 Å². The minimum atomic E-state index is -0.548. The van der Waals surface area contributed by atoms with Crippen LogP contribution >= 0.6 is 11.3 Å². The Bertz CT molecular complexity index is 1470. The molecule has 1 amide bonds. The molecule has 1 heterocycles. The molecule has 4 rings (SSSR count). The Morgan fingerprint density at radius 2 is 1.73 bits per heavy atom. The molecule has 1 aromatic heterocycles. The zero-order valence-electron chi connectivity index (χ0n) is 27.8. The van der Waals surface area contributed by atoms with Gasteiger partial charge in [0.15, 0.2) is 0 Å². The molecule has 0 saturated carbocycles. The standard InChI is InChI=1S/C26H34N4O3S.C8H8O.C2H6/c1-17(2)30(5)15-21(31)16-33-22-10-8-19(9-11-22)26-29-14-23(34-26)13-28-25(32)20-7-6-18(3)24(12-20)27-4;1-7-4-2-3-5-8(7)6-9;1-2/h6-12,14,17,21,27,31H,13,15-16H2,1-5H3,(H,28,32);2-6H,1H3;1-2H3. The molecule has 0 aliphatic heterocycles. The van der Waals surface area contributed by atoms with Gasteiger partial charge in [0.2, 0.25) is 0 Å². The van der Waals surface area contributed by atoms with E-state index in [2.05, 4.69) is 34.4 Å². The number of rotatable bonds is 12. The number of aliphatic hydroxyl groups is 1. The maximum absolute atomic E-state index is 12.5. The Morgan fingerprint density at radius 3 is 2.33 bits per heavy atom. The maximum Gasteiger partial charge on any atom is 0.251 e. The average molecular weight is 633 g/mol. The molecule has 8 nitrogen and oxygen atoms in total. The minimum absolute atomic E-state index is 0.116. The number of hydrogen-bond donors (Lipinski definition) is 3. The second-order valence-electron chi connectivity index (χ2n) is 10.6. The number of amides is 1. The fourth-order valence-corrected chi connectivity index (χ4v) is 4.88. The third-order valence-corrected chi connectivity index (χ3v) is 8.03. The van der Waals surface area contributed by atoms with Crippen molar-refractivity contribution >= 4 is 29.2 Å². The number of carbonyl (C=O) groups excluding carboxylic acids is 2. The molecule has 9 heteroatoms. The first-order valence-electron chi connectivity index (χ1n) is 15.2. The monoisotopic (exact) mass is 632 g/mol. The number of benzene rings is 3. The van der Waals surface area contributed by atoms with E-state index in [0.29, 0.717) is 30.4 Å². The summed E-state index contributed by atoms with van der Waals surface area (Å²) < 4.78 is 5.73. The molecule has 242 valence electrons. The molecule has 4 aromatic rings. The molecule has 0 spiro atoms. The zero-order chi connectivity index (χ0) is 33.4. The molecule has 0 bridgehead atoms. The number of hydrogen-bond acceptors (Lipinski definition) is 8. The van der Waals surface area contributed by atoms with Crippen molar-refractivity contribution in [2.75, 3.05) is 32.6 Å². The van der Waals surface area contributed by atoms with Crippen LogP contribution < -0.4 is 15.4 Å². The van der Waals surface area contributed by atoms with E-state index >= 15 is 0 Å². The predicted molar refractivity (Wildman–Crippen MR) is 187 cm³/mol. The van der Waals surface area contributed by atoms with Crippen molar-refractivity contribution in [2.45, 2.75) is 60.2 Å². The molecule has 0 aliphatic rings. The van der Waals surface area contributed by atoms with Gasteiger partial charge in [0.05, 0.1) is 6.54 Å². The third kappa shape index (κ3) is 12.1. The minimum Gasteiger partial charge on any atom is -0.491 e. The van der Waals surface area contributed by atoms with Crippen molar-refractivity contribution in [3.8, 4) is 16.3 Å². The largest absolute Gasteiger partial charge is 0.491 e. The van der Waals surface area contributed by atoms with Gasteiger partial charge in [-0.2, -0.15) is 0 Å². The Balaban J connectivity index is 0.000000544. The summed E-state index contributed by atoms with van der Waals surface area (Å²) in [6.45, 7) is 13.3. The molecule has 45 heavy (non-hydrogen) atoms. The Hall–Kier alpha value is -4.05. The van der Waals surface area contributed by atoms with Crippen molar-refractivity contribution < 1.29 is 19.4 Å². The van der Waals surface area contributed by atoms with Crippen LogP contribution in [-0.2, 0) is 6.54 Å². The number of aryl methyl sites for hydroxylation is 2. The summed E-state index contributed by atoms with van der Waals surface area (Å²) in [5, 5.41) is 17.1. The van der Waals surface area contributed by atoms with Gasteiger partial charge < -0.3 is 25.4 Å². The third-order valence-electron chi connectivity index (χ3n) is 6.99. The first kappa shape index (κ1) is 37.1. The lowest BCUT2D eigenvalue weighted by atomic mass is 10.1. The number of nitrogens with zero attached hydrogens (tertiary/aromatic N) is 2. The summed E-state index contributed by atoms with van der Waals surface area (Å²) in [6, 6.07) is 21.2. The van der Waals surface area contributed by atoms with Gasteiger partial charge >= 0.3 is 0 Å². The quantitative estimate of drug-likeness (QED) is 0.145. The van der Waals surface area contributed by atoms with Gasteiger partial charge in [0.25, 0.3) is 5.91 Å². The van der Waals surface area contributed by atoms with E-state index in [9.17, 15) is 14.7 Å². The SMILES string of the molecule is CC.CNc1cc(C(=O)NCc2cnc(-c3ccc(OCC(O)CN(C)C(C)C)cc3)s2)ccc1C.Cc1ccccc1C=O. The highest BCUT2D eigenvalue weighted by atomic mass is 32.1. The molecular weight excluding hydrogens is 584 g/mol. The van der Waals surface area contributed by atoms with E-state index in [1.54, 1.807) is 17.5 Å². The van der Waals surface area contributed by atoms with Gasteiger partial charge in [-0.15, -0.1) is 11.3 Å². The molecule has 0 radical (unpaired) electrons. The van der Waals surface area contributed by atoms with Crippen LogP contribution in [0.3, 0.4) is 0 Å². The number of aldehydes is 1. The Kier molecular flexibility index (Phi) is 16.0. The lowest BCUT2D eigenvalue weighted by Gasteiger charge is -2.24. The molecule has 3 N–H and O–H groups in total. The number of anilines is 1. The predicted octanol–water partition coefficient (Wildman–Crippen LogP) is 7.00. The van der Waals surface area contributed by atoms with Crippen LogP contribution in [0.25, 0.3) is 10.6 Å². The average Bonchev–Trinajstić information content (AvgIpc) is 3.53. The van der Waals surface area contributed by atoms with Crippen molar-refractivity contribution in [3.63, 3.8) is 0 Å². The van der Waals surface area contributed by atoms with Crippen molar-refractivity contribution in [2.24, 2.45) is 0 Å². The Labute approximate surface area is 272 Å². The summed E-state index contributed by atoms with van der Waals surface area (Å²) >= 11 is 1.54. The van der Waals surface area contributed by atoms with Crippen molar-refractivity contribution in [1.82, 2.24) is 15.2 Å². The van der Waals surface area contributed by atoms with E-state index in [1.165, 1.54) is 0 Å². The van der Waals surface area contributed by atoms with Crippen LogP contribution in [0.2, 0.25) is 0 Å². The van der Waals surface area contributed by atoms with Crippen molar-refractivity contribution in [1.29, 1.82) is 0 Å². The van der Waals surface area contributed by atoms with Gasteiger partial charge in [-0.1, -0.05) is 44.2 Å². The number of carbonyl (C=O) groups is 2. The van der Waals surface area contributed by atoms with E-state index in [4.69, 9.17) is 4.74 Å². The van der Waals surface area contributed by atoms with E-state index in [1.807, 2.05) is 109 Å². The number of nitrogens with one attached hydrogen (secondary N) is 2. The maximum atomic E-state index is 12.5. The summed E-state index contributed by atoms with van der Waals surface area (Å²) in [6.07, 6.45) is 2.11. The fourth-order valence-electron chi connectivity index (χ4n) is 4.03. The number of thiazole rings is 1. The van der Waals surface area contributed by atoms with Crippen molar-refractivity contribution in [3.05, 3.63) is 100 Å². The van der Waals surface area contributed by atoms with Crippen LogP contribution in [0.5, 0.6) is 5.75 Å². The van der Waals surface area contributed by atoms with Crippen LogP contribution in [0.1, 0.15) is 64.4 Å². The van der Waals surface area contributed by atoms with Crippen LogP contribution in [0.15, 0.2) is 72.9 Å². The normalized spacial score (nSPS) is 11.1. The van der Waals surface area contributed by atoms with Crippen LogP contribution in [0, 0.1) is 13.8 Å². The lowest BCUT2D eigenvalue weighted by Crippen LogP contribution is -2.36. The van der Waals surface area contributed by atoms with Gasteiger partial charge in [0, 0.05) is 53.1 Å². The number of likely N-dealkylation sites (N-methyl/N-ethyl adjacent to an activating group) is 1. The Morgan fingerprint density at radius 1 is 1.04 bits per heavy atom. The summed E-state index contributed by atoms with van der Waals surface area (Å²) in [7, 11) is 3.83. The van der Waals surface area contributed by atoms with Gasteiger partial charge in [-0.25, -0.2) is 4.98 Å². The lowest BCUT2D eigenvalue weighted by molar-refractivity contribution is 0.0678. The summed E-state index contributed by atoms with van der Waals surface area (Å²) in [5.74, 6) is 0.591. The van der Waals surface area contributed by atoms with E-state index < -0.39 is 6.10 Å². The van der Waals surface area contributed by atoms with Gasteiger partial charge in [-0.05, 0) is 82.3 Å². The number of aromatic nitrogens is 1. The second-order valence-corrected chi connectivity index (χ2v) is 11.7. The highest BCUT2D eigenvalue weighted by Gasteiger charge is 2.13. The molecule has 0 aliphatic carbocycles. The van der Waals surface area contributed by atoms with Crippen LogP contribution in [-0.4, -0.2) is 66.6 Å². The van der Waals surface area contributed by atoms with Gasteiger partial charge in [0.1, 0.15) is 29.8 Å². The van der Waals surface area contributed by atoms with E-state index in [0.717, 1.165) is 44.1 Å². The second kappa shape index (κ2) is 19.4. The molecular formula is C36H48N4O4S. The highest BCUT2D eigenvalue weighted by molar-refractivity contribution is 7.15. The fraction of sp³-hybridized carbons (Fsp3) is 0.361. The van der Waals surface area contributed by atoms with Gasteiger partial charge in [-0.3, -0.25) is 9.59 Å². The highest BCUT2D eigenvalue weighted by Crippen LogP contribution is 2.27. The number of ether oxygens (including phenoxy) is 1. The van der Waals surface area contributed by atoms with E-state index in [-0.39, 0.29) is 12.5 Å². The summed E-state index contributed by atoms with van der Waals surface area (Å²) in [5.41, 5.74) is 5.45. The first-order chi connectivity index (χ1) is 21.6. The molecule has 3 aromatic carbocycles. The number of aliphatic hydroxyl groups excluding tert-OH is 1. The molecule has 1 atom stereocenters. The first-order valence-corrected chi connectivity index (χ1v) is 16.1. The smallest absolute Gasteiger partial charge is 0.251 e. The molecule has 0 fully saturated rings.